The first-order chi connectivity index (χ1) is 7.65. The molecule has 2 N–H and O–H groups in total. The monoisotopic (exact) mass is 216 g/mol. The molecule has 1 aromatic carbocycles. The number of nitrogens with one attached hydrogen (secondary N) is 2. The second kappa shape index (κ2) is 4.30. The Morgan fingerprint density at radius 2 is 2.06 bits per heavy atom. The molecule has 2 heteroatoms. The van der Waals surface area contributed by atoms with Crippen molar-refractivity contribution in [3.8, 4) is 0 Å². The molecule has 0 aliphatic heterocycles. The molecule has 0 aliphatic rings. The summed E-state index contributed by atoms with van der Waals surface area (Å²) < 4.78 is 0. The number of benzene rings is 1. The summed E-state index contributed by atoms with van der Waals surface area (Å²) in [5.74, 6) is 0.537. The highest BCUT2D eigenvalue weighted by Crippen LogP contribution is 2.29. The maximum absolute atomic E-state index is 3.58. The summed E-state index contributed by atoms with van der Waals surface area (Å²) >= 11 is 0. The quantitative estimate of drug-likeness (QED) is 0.809. The minimum Gasteiger partial charge on any atom is -0.358 e. The van der Waals surface area contributed by atoms with Crippen LogP contribution in [-0.4, -0.2) is 12.0 Å². The second-order valence-corrected chi connectivity index (χ2v) is 4.70. The van der Waals surface area contributed by atoms with Gasteiger partial charge in [0.1, 0.15) is 0 Å². The van der Waals surface area contributed by atoms with Gasteiger partial charge in [0.2, 0.25) is 0 Å². The Hall–Kier alpha value is -1.28. The number of fused-ring (bicyclic) bond motifs is 1. The van der Waals surface area contributed by atoms with Gasteiger partial charge in [-0.05, 0) is 31.0 Å². The summed E-state index contributed by atoms with van der Waals surface area (Å²) in [6.45, 7) is 7.56. The molecule has 2 nitrogen and oxygen atoms in total. The van der Waals surface area contributed by atoms with E-state index in [1.54, 1.807) is 0 Å². The summed E-state index contributed by atoms with van der Waals surface area (Å²) in [5.41, 5.74) is 5.38. The number of aryl methyl sites for hydroxylation is 1. The van der Waals surface area contributed by atoms with E-state index >= 15 is 0 Å². The third-order valence-electron chi connectivity index (χ3n) is 3.11. The van der Waals surface area contributed by atoms with Crippen LogP contribution < -0.4 is 5.32 Å². The van der Waals surface area contributed by atoms with Gasteiger partial charge < -0.3 is 10.3 Å². The second-order valence-electron chi connectivity index (χ2n) is 4.70. The van der Waals surface area contributed by atoms with E-state index in [9.17, 15) is 0 Å². The SMILES string of the molecule is CNCc1c(C(C)C)[nH]c2c(C)cccc12. The molecule has 1 aromatic heterocycles. The molecule has 0 atom stereocenters. The average Bonchev–Trinajstić information content (AvgIpc) is 2.60. The number of hydrogen-bond donors (Lipinski definition) is 2. The van der Waals surface area contributed by atoms with Crippen LogP contribution in [0, 0.1) is 6.92 Å². The standard InChI is InChI=1S/C14H20N2/c1-9(2)13-12(8-15-4)11-7-5-6-10(3)14(11)16-13/h5-7,9,15-16H,8H2,1-4H3. The van der Waals surface area contributed by atoms with Gasteiger partial charge in [0, 0.05) is 23.1 Å². The zero-order valence-corrected chi connectivity index (χ0v) is 10.5. The summed E-state index contributed by atoms with van der Waals surface area (Å²) in [6, 6.07) is 6.50. The predicted octanol–water partition coefficient (Wildman–Crippen LogP) is 3.32. The number of rotatable bonds is 3. The lowest BCUT2D eigenvalue weighted by atomic mass is 10.0. The highest BCUT2D eigenvalue weighted by molar-refractivity contribution is 5.87. The van der Waals surface area contributed by atoms with E-state index in [1.807, 2.05) is 7.05 Å². The fraction of sp³-hybridized carbons (Fsp3) is 0.429. The minimum absolute atomic E-state index is 0.537. The van der Waals surface area contributed by atoms with E-state index in [-0.39, 0.29) is 0 Å². The van der Waals surface area contributed by atoms with Crippen LogP contribution in [0.2, 0.25) is 0 Å². The van der Waals surface area contributed by atoms with E-state index in [1.165, 1.54) is 27.7 Å². The van der Waals surface area contributed by atoms with Gasteiger partial charge in [0.15, 0.2) is 0 Å². The van der Waals surface area contributed by atoms with Crippen molar-refractivity contribution in [1.29, 1.82) is 0 Å². The number of para-hydroxylation sites is 1. The van der Waals surface area contributed by atoms with Crippen molar-refractivity contribution in [2.75, 3.05) is 7.05 Å². The first-order valence-corrected chi connectivity index (χ1v) is 5.89. The largest absolute Gasteiger partial charge is 0.358 e. The Kier molecular flexibility index (Phi) is 3.01. The predicted molar refractivity (Wildman–Crippen MR) is 69.9 cm³/mol. The molecule has 1 heterocycles. The molecule has 16 heavy (non-hydrogen) atoms. The highest BCUT2D eigenvalue weighted by Gasteiger charge is 2.13. The van der Waals surface area contributed by atoms with Gasteiger partial charge in [0.05, 0.1) is 0 Å². The van der Waals surface area contributed by atoms with Crippen molar-refractivity contribution in [2.45, 2.75) is 33.2 Å². The van der Waals surface area contributed by atoms with Crippen LogP contribution in [0.4, 0.5) is 0 Å². The molecule has 0 aliphatic carbocycles. The summed E-state index contributed by atoms with van der Waals surface area (Å²) in [4.78, 5) is 3.58. The van der Waals surface area contributed by atoms with Crippen LogP contribution in [0.3, 0.4) is 0 Å². The summed E-state index contributed by atoms with van der Waals surface area (Å²) in [7, 11) is 2.00. The lowest BCUT2D eigenvalue weighted by molar-refractivity contribution is 0.768. The van der Waals surface area contributed by atoms with Crippen LogP contribution in [-0.2, 0) is 6.54 Å². The van der Waals surface area contributed by atoms with Gasteiger partial charge >= 0.3 is 0 Å². The molecule has 0 saturated heterocycles. The smallest absolute Gasteiger partial charge is 0.0489 e. The Bertz CT molecular complexity index is 495. The Morgan fingerprint density at radius 3 is 2.69 bits per heavy atom. The van der Waals surface area contributed by atoms with Crippen molar-refractivity contribution in [3.63, 3.8) is 0 Å². The Labute approximate surface area is 97.1 Å². The van der Waals surface area contributed by atoms with E-state index in [2.05, 4.69) is 49.3 Å². The lowest BCUT2D eigenvalue weighted by Gasteiger charge is -2.06. The third-order valence-corrected chi connectivity index (χ3v) is 3.11. The number of H-pyrrole nitrogens is 1. The first kappa shape index (κ1) is 11.2. The average molecular weight is 216 g/mol. The van der Waals surface area contributed by atoms with Crippen LogP contribution in [0.25, 0.3) is 10.9 Å². The molecular weight excluding hydrogens is 196 g/mol. The van der Waals surface area contributed by atoms with Crippen molar-refractivity contribution in [1.82, 2.24) is 10.3 Å². The minimum atomic E-state index is 0.537. The third kappa shape index (κ3) is 1.74. The van der Waals surface area contributed by atoms with Gasteiger partial charge in [-0.1, -0.05) is 32.0 Å². The van der Waals surface area contributed by atoms with Crippen molar-refractivity contribution < 1.29 is 0 Å². The van der Waals surface area contributed by atoms with Gasteiger partial charge in [-0.25, -0.2) is 0 Å². The molecule has 0 fully saturated rings. The van der Waals surface area contributed by atoms with Gasteiger partial charge in [-0.15, -0.1) is 0 Å². The summed E-state index contributed by atoms with van der Waals surface area (Å²) in [5, 5.41) is 4.62. The molecule has 0 radical (unpaired) electrons. The topological polar surface area (TPSA) is 27.8 Å². The Balaban J connectivity index is 2.70. The van der Waals surface area contributed by atoms with Gasteiger partial charge in [0.25, 0.3) is 0 Å². The van der Waals surface area contributed by atoms with E-state index in [0.717, 1.165) is 6.54 Å². The van der Waals surface area contributed by atoms with E-state index in [4.69, 9.17) is 0 Å². The number of aromatic nitrogens is 1. The zero-order valence-electron chi connectivity index (χ0n) is 10.5. The van der Waals surface area contributed by atoms with Crippen molar-refractivity contribution >= 4 is 10.9 Å². The van der Waals surface area contributed by atoms with Crippen LogP contribution in [0.5, 0.6) is 0 Å². The molecule has 0 bridgehead atoms. The van der Waals surface area contributed by atoms with Gasteiger partial charge in [-0.3, -0.25) is 0 Å². The maximum Gasteiger partial charge on any atom is 0.0489 e. The fourth-order valence-electron chi connectivity index (χ4n) is 2.30. The van der Waals surface area contributed by atoms with Crippen LogP contribution in [0.1, 0.15) is 36.6 Å². The zero-order chi connectivity index (χ0) is 11.7. The van der Waals surface area contributed by atoms with Crippen molar-refractivity contribution in [2.24, 2.45) is 0 Å². The number of hydrogen-bond acceptors (Lipinski definition) is 1. The lowest BCUT2D eigenvalue weighted by Crippen LogP contribution is -2.07. The molecule has 0 unspecified atom stereocenters. The number of aromatic amines is 1. The maximum atomic E-state index is 3.58. The molecule has 0 amide bonds. The van der Waals surface area contributed by atoms with E-state index in [0.29, 0.717) is 5.92 Å². The van der Waals surface area contributed by atoms with E-state index < -0.39 is 0 Å². The van der Waals surface area contributed by atoms with Crippen LogP contribution in [0.15, 0.2) is 18.2 Å². The summed E-state index contributed by atoms with van der Waals surface area (Å²) in [6.07, 6.45) is 0. The molecular formula is C14H20N2. The molecule has 0 saturated carbocycles. The molecule has 0 spiro atoms. The van der Waals surface area contributed by atoms with Crippen molar-refractivity contribution in [3.05, 3.63) is 35.0 Å². The fourth-order valence-corrected chi connectivity index (χ4v) is 2.30. The van der Waals surface area contributed by atoms with Gasteiger partial charge in [-0.2, -0.15) is 0 Å². The molecule has 86 valence electrons. The molecule has 2 aromatic rings. The highest BCUT2D eigenvalue weighted by atomic mass is 14.8. The first-order valence-electron chi connectivity index (χ1n) is 5.89. The van der Waals surface area contributed by atoms with Crippen LogP contribution >= 0.6 is 0 Å². The normalized spacial score (nSPS) is 11.6. The Morgan fingerprint density at radius 1 is 1.31 bits per heavy atom. The molecule has 2 rings (SSSR count).